The molecule has 0 fully saturated rings. The van der Waals surface area contributed by atoms with E-state index in [0.717, 1.165) is 0 Å². The van der Waals surface area contributed by atoms with Crippen molar-refractivity contribution in [1.29, 1.82) is 0 Å². The van der Waals surface area contributed by atoms with E-state index in [1.54, 1.807) is 18.3 Å². The van der Waals surface area contributed by atoms with Crippen LogP contribution in [0.4, 0.5) is 0 Å². The Labute approximate surface area is 53.2 Å². The first-order chi connectivity index (χ1) is 4.30. The first-order valence-electron chi connectivity index (χ1n) is 2.64. The van der Waals surface area contributed by atoms with E-state index in [1.165, 1.54) is 6.20 Å². The second-order valence-corrected chi connectivity index (χ2v) is 1.73. The molecule has 9 heavy (non-hydrogen) atoms. The van der Waals surface area contributed by atoms with E-state index >= 15 is 0 Å². The lowest BCUT2D eigenvalue weighted by Crippen LogP contribution is -2.08. The van der Waals surface area contributed by atoms with Crippen LogP contribution in [0.5, 0.6) is 0 Å². The Morgan fingerprint density at radius 3 is 2.78 bits per heavy atom. The molecule has 0 aromatic carbocycles. The summed E-state index contributed by atoms with van der Waals surface area (Å²) in [4.78, 5) is 3.77. The van der Waals surface area contributed by atoms with Crippen molar-refractivity contribution in [2.75, 3.05) is 0 Å². The summed E-state index contributed by atoms with van der Waals surface area (Å²) in [6.07, 6.45) is 2.26. The van der Waals surface area contributed by atoms with Crippen LogP contribution in [0.2, 0.25) is 0 Å². The quantitative estimate of drug-likeness (QED) is 0.519. The first-order valence-corrected chi connectivity index (χ1v) is 2.64. The van der Waals surface area contributed by atoms with Gasteiger partial charge >= 0.3 is 0 Å². The number of hydrogen-bond acceptors (Lipinski definition) is 3. The van der Waals surface area contributed by atoms with Gasteiger partial charge in [0.2, 0.25) is 0 Å². The monoisotopic (exact) mass is 124 g/mol. The third-order valence-corrected chi connectivity index (χ3v) is 1.03. The van der Waals surface area contributed by atoms with E-state index < -0.39 is 6.23 Å². The molecule has 0 radical (unpaired) electrons. The lowest BCUT2D eigenvalue weighted by molar-refractivity contribution is 0.186. The summed E-state index contributed by atoms with van der Waals surface area (Å²) < 4.78 is 0. The van der Waals surface area contributed by atoms with Crippen LogP contribution in [0.3, 0.4) is 0 Å². The van der Waals surface area contributed by atoms with Gasteiger partial charge in [-0.2, -0.15) is 0 Å². The molecule has 0 amide bonds. The van der Waals surface area contributed by atoms with Crippen molar-refractivity contribution >= 4 is 0 Å². The number of nitrogens with zero attached hydrogens (tertiary/aromatic N) is 1. The summed E-state index contributed by atoms with van der Waals surface area (Å²) >= 11 is 0. The third kappa shape index (κ3) is 1.48. The lowest BCUT2D eigenvalue weighted by atomic mass is 10.3. The highest BCUT2D eigenvalue weighted by Crippen LogP contribution is 2.01. The fourth-order valence-electron chi connectivity index (χ4n) is 0.551. The SMILES string of the molecule is NC(O)c1cccnc1. The van der Waals surface area contributed by atoms with Crippen molar-refractivity contribution in [3.05, 3.63) is 30.1 Å². The molecule has 0 aliphatic heterocycles. The number of nitrogens with two attached hydrogens (primary N) is 1. The highest BCUT2D eigenvalue weighted by Gasteiger charge is 1.96. The Kier molecular flexibility index (Phi) is 1.77. The molecule has 3 nitrogen and oxygen atoms in total. The minimum atomic E-state index is -0.904. The van der Waals surface area contributed by atoms with E-state index in [-0.39, 0.29) is 0 Å². The number of rotatable bonds is 1. The maximum absolute atomic E-state index is 8.76. The number of pyridine rings is 1. The predicted octanol–water partition coefficient (Wildman–Crippen LogP) is 0.0312. The Morgan fingerprint density at radius 1 is 1.67 bits per heavy atom. The Morgan fingerprint density at radius 2 is 2.44 bits per heavy atom. The van der Waals surface area contributed by atoms with Crippen molar-refractivity contribution in [2.24, 2.45) is 5.73 Å². The van der Waals surface area contributed by atoms with E-state index in [0.29, 0.717) is 5.56 Å². The second-order valence-electron chi connectivity index (χ2n) is 1.73. The molecule has 3 N–H and O–H groups in total. The van der Waals surface area contributed by atoms with Gasteiger partial charge in [-0.05, 0) is 6.07 Å². The predicted molar refractivity (Wildman–Crippen MR) is 33.4 cm³/mol. The van der Waals surface area contributed by atoms with Gasteiger partial charge in [0, 0.05) is 18.0 Å². The molecule has 1 unspecified atom stereocenters. The van der Waals surface area contributed by atoms with Crippen LogP contribution in [0.1, 0.15) is 11.8 Å². The molecular formula is C6H8N2O. The van der Waals surface area contributed by atoms with Crippen LogP contribution >= 0.6 is 0 Å². The summed E-state index contributed by atoms with van der Waals surface area (Å²) in [5.74, 6) is 0. The van der Waals surface area contributed by atoms with E-state index in [4.69, 9.17) is 10.8 Å². The van der Waals surface area contributed by atoms with Crippen molar-refractivity contribution < 1.29 is 5.11 Å². The van der Waals surface area contributed by atoms with Crippen LogP contribution in [-0.4, -0.2) is 10.1 Å². The van der Waals surface area contributed by atoms with Gasteiger partial charge < -0.3 is 10.8 Å². The topological polar surface area (TPSA) is 59.1 Å². The van der Waals surface area contributed by atoms with Crippen LogP contribution in [0.25, 0.3) is 0 Å². The normalized spacial score (nSPS) is 13.1. The molecule has 0 aliphatic rings. The van der Waals surface area contributed by atoms with E-state index in [1.807, 2.05) is 0 Å². The highest BCUT2D eigenvalue weighted by atomic mass is 16.3. The maximum Gasteiger partial charge on any atom is 0.130 e. The molecule has 0 bridgehead atoms. The van der Waals surface area contributed by atoms with E-state index in [2.05, 4.69) is 4.98 Å². The Balaban J connectivity index is 2.85. The fraction of sp³-hybridized carbons (Fsp3) is 0.167. The average molecular weight is 124 g/mol. The summed E-state index contributed by atoms with van der Waals surface area (Å²) in [7, 11) is 0. The number of aromatic nitrogens is 1. The van der Waals surface area contributed by atoms with Crippen molar-refractivity contribution in [3.63, 3.8) is 0 Å². The molecule has 0 spiro atoms. The number of aliphatic hydroxyl groups is 1. The zero-order valence-corrected chi connectivity index (χ0v) is 4.86. The molecule has 3 heteroatoms. The van der Waals surface area contributed by atoms with Crippen molar-refractivity contribution in [3.8, 4) is 0 Å². The average Bonchev–Trinajstić information content (AvgIpc) is 1.90. The van der Waals surface area contributed by atoms with Gasteiger partial charge in [0.15, 0.2) is 0 Å². The summed E-state index contributed by atoms with van der Waals surface area (Å²) in [6, 6.07) is 3.45. The fourth-order valence-corrected chi connectivity index (χ4v) is 0.551. The Bertz CT molecular complexity index is 174. The molecule has 0 saturated heterocycles. The minimum absolute atomic E-state index is 0.637. The highest BCUT2D eigenvalue weighted by molar-refractivity contribution is 5.09. The van der Waals surface area contributed by atoms with Gasteiger partial charge in [0.1, 0.15) is 6.23 Å². The zero-order chi connectivity index (χ0) is 6.69. The molecule has 1 rings (SSSR count). The Hall–Kier alpha value is -0.930. The van der Waals surface area contributed by atoms with Gasteiger partial charge in [-0.1, -0.05) is 6.07 Å². The standard InChI is InChI=1S/C6H8N2O/c7-6(9)5-2-1-3-8-4-5/h1-4,6,9H,7H2. The summed E-state index contributed by atoms with van der Waals surface area (Å²) in [6.45, 7) is 0. The molecule has 1 aromatic rings. The molecule has 1 heterocycles. The van der Waals surface area contributed by atoms with E-state index in [9.17, 15) is 0 Å². The molecular weight excluding hydrogens is 116 g/mol. The first kappa shape index (κ1) is 6.19. The third-order valence-electron chi connectivity index (χ3n) is 1.03. The van der Waals surface area contributed by atoms with Gasteiger partial charge in [-0.25, -0.2) is 0 Å². The minimum Gasteiger partial charge on any atom is -0.374 e. The number of aliphatic hydroxyl groups excluding tert-OH is 1. The van der Waals surface area contributed by atoms with Gasteiger partial charge in [0.05, 0.1) is 0 Å². The van der Waals surface area contributed by atoms with Crippen LogP contribution in [-0.2, 0) is 0 Å². The molecule has 1 aromatic heterocycles. The zero-order valence-electron chi connectivity index (χ0n) is 4.86. The molecule has 1 atom stereocenters. The van der Waals surface area contributed by atoms with Gasteiger partial charge in [0.25, 0.3) is 0 Å². The number of hydrogen-bond donors (Lipinski definition) is 2. The maximum atomic E-state index is 8.76. The van der Waals surface area contributed by atoms with Crippen molar-refractivity contribution in [1.82, 2.24) is 4.98 Å². The van der Waals surface area contributed by atoms with Gasteiger partial charge in [-0.15, -0.1) is 0 Å². The van der Waals surface area contributed by atoms with Gasteiger partial charge in [-0.3, -0.25) is 4.98 Å². The molecule has 48 valence electrons. The summed E-state index contributed by atoms with van der Waals surface area (Å²) in [5, 5.41) is 8.76. The van der Waals surface area contributed by atoms with Crippen molar-refractivity contribution in [2.45, 2.75) is 6.23 Å². The molecule has 0 saturated carbocycles. The smallest absolute Gasteiger partial charge is 0.130 e. The van der Waals surface area contributed by atoms with Crippen LogP contribution in [0, 0.1) is 0 Å². The largest absolute Gasteiger partial charge is 0.374 e. The second kappa shape index (κ2) is 2.57. The van der Waals surface area contributed by atoms with Crippen LogP contribution < -0.4 is 5.73 Å². The summed E-state index contributed by atoms with van der Waals surface area (Å²) in [5.41, 5.74) is 5.77. The van der Waals surface area contributed by atoms with Crippen LogP contribution in [0.15, 0.2) is 24.5 Å². The molecule has 0 aliphatic carbocycles. The lowest BCUT2D eigenvalue weighted by Gasteiger charge is -2.00.